The molecule has 0 radical (unpaired) electrons. The maximum atomic E-state index is 13.9. The number of nitrogens with one attached hydrogen (secondary N) is 1. The molecule has 6 nitrogen and oxygen atoms in total. The van der Waals surface area contributed by atoms with Crippen molar-refractivity contribution in [3.63, 3.8) is 0 Å². The van der Waals surface area contributed by atoms with E-state index >= 15 is 0 Å². The number of aliphatic hydroxyl groups is 1. The molecule has 0 fully saturated rings. The van der Waals surface area contributed by atoms with Crippen molar-refractivity contribution in [2.45, 2.75) is 19.1 Å². The van der Waals surface area contributed by atoms with Gasteiger partial charge in [-0.05, 0) is 18.2 Å². The van der Waals surface area contributed by atoms with Crippen LogP contribution in [0.5, 0.6) is 5.75 Å². The summed E-state index contributed by atoms with van der Waals surface area (Å²) in [6.07, 6.45) is -0.963. The van der Waals surface area contributed by atoms with Gasteiger partial charge in [0, 0.05) is 24.1 Å². The SMILES string of the molecule is COc1cccc(-c2nc3c([nH]2)CN(C(=O)[C@H](O)c2ccccc2F)CC3)c1. The Morgan fingerprint density at radius 2 is 2.11 bits per heavy atom. The summed E-state index contributed by atoms with van der Waals surface area (Å²) in [7, 11) is 1.61. The van der Waals surface area contributed by atoms with Gasteiger partial charge in [0.25, 0.3) is 5.91 Å². The molecule has 0 spiro atoms. The monoisotopic (exact) mass is 381 g/mol. The zero-order chi connectivity index (χ0) is 19.7. The van der Waals surface area contributed by atoms with E-state index in [0.717, 1.165) is 22.7 Å². The lowest BCUT2D eigenvalue weighted by molar-refractivity contribution is -0.141. The maximum Gasteiger partial charge on any atom is 0.256 e. The number of carbonyl (C=O) groups excluding carboxylic acids is 1. The molecule has 0 saturated carbocycles. The highest BCUT2D eigenvalue weighted by molar-refractivity contribution is 5.82. The normalized spacial score (nSPS) is 14.5. The van der Waals surface area contributed by atoms with E-state index in [9.17, 15) is 14.3 Å². The van der Waals surface area contributed by atoms with E-state index in [4.69, 9.17) is 4.74 Å². The zero-order valence-corrected chi connectivity index (χ0v) is 15.4. The third kappa shape index (κ3) is 3.36. The predicted octanol–water partition coefficient (Wildman–Crippen LogP) is 2.84. The zero-order valence-electron chi connectivity index (χ0n) is 15.4. The molecule has 1 atom stereocenters. The summed E-state index contributed by atoms with van der Waals surface area (Å²) in [6, 6.07) is 13.3. The van der Waals surface area contributed by atoms with E-state index in [1.807, 2.05) is 24.3 Å². The smallest absolute Gasteiger partial charge is 0.256 e. The third-order valence-corrected chi connectivity index (χ3v) is 4.92. The number of fused-ring (bicyclic) bond motifs is 1. The Labute approximate surface area is 161 Å². The third-order valence-electron chi connectivity index (χ3n) is 4.92. The molecule has 2 aromatic carbocycles. The summed E-state index contributed by atoms with van der Waals surface area (Å²) in [5.74, 6) is 0.320. The van der Waals surface area contributed by atoms with Crippen molar-refractivity contribution in [2.24, 2.45) is 0 Å². The standard InChI is InChI=1S/C21H20FN3O3/c1-28-14-6-4-5-13(11-14)20-23-17-9-10-25(12-18(17)24-20)21(27)19(26)15-7-2-3-8-16(15)22/h2-8,11,19,26H,9-10,12H2,1H3,(H,23,24)/t19-/m1/s1. The number of ether oxygens (including phenoxy) is 1. The molecule has 1 aromatic heterocycles. The average molecular weight is 381 g/mol. The summed E-state index contributed by atoms with van der Waals surface area (Å²) in [6.45, 7) is 0.705. The van der Waals surface area contributed by atoms with Crippen molar-refractivity contribution in [3.8, 4) is 17.1 Å². The first-order valence-electron chi connectivity index (χ1n) is 9.00. The highest BCUT2D eigenvalue weighted by atomic mass is 19.1. The predicted molar refractivity (Wildman–Crippen MR) is 101 cm³/mol. The minimum absolute atomic E-state index is 0.0139. The summed E-state index contributed by atoms with van der Waals surface area (Å²) >= 11 is 0. The Morgan fingerprint density at radius 3 is 2.89 bits per heavy atom. The second-order valence-corrected chi connectivity index (χ2v) is 6.68. The van der Waals surface area contributed by atoms with Crippen LogP contribution in [0.3, 0.4) is 0 Å². The number of rotatable bonds is 4. The van der Waals surface area contributed by atoms with Crippen LogP contribution in [0.2, 0.25) is 0 Å². The van der Waals surface area contributed by atoms with Crippen molar-refractivity contribution in [3.05, 3.63) is 71.3 Å². The Bertz CT molecular complexity index is 1020. The highest BCUT2D eigenvalue weighted by Crippen LogP contribution is 2.27. The molecule has 2 N–H and O–H groups in total. The molecule has 0 saturated heterocycles. The van der Waals surface area contributed by atoms with Crippen LogP contribution in [0.4, 0.5) is 4.39 Å². The van der Waals surface area contributed by atoms with Gasteiger partial charge in [0.1, 0.15) is 17.4 Å². The van der Waals surface area contributed by atoms with Crippen LogP contribution in [0, 0.1) is 5.82 Å². The molecular weight excluding hydrogens is 361 g/mol. The van der Waals surface area contributed by atoms with Crippen molar-refractivity contribution in [1.82, 2.24) is 14.9 Å². The van der Waals surface area contributed by atoms with Gasteiger partial charge >= 0.3 is 0 Å². The average Bonchev–Trinajstić information content (AvgIpc) is 3.16. The van der Waals surface area contributed by atoms with Crippen LogP contribution in [-0.2, 0) is 17.8 Å². The van der Waals surface area contributed by atoms with Gasteiger partial charge in [0.2, 0.25) is 0 Å². The van der Waals surface area contributed by atoms with Gasteiger partial charge in [-0.2, -0.15) is 0 Å². The summed E-state index contributed by atoms with van der Waals surface area (Å²) in [5, 5.41) is 10.3. The fourth-order valence-corrected chi connectivity index (χ4v) is 3.39. The highest BCUT2D eigenvalue weighted by Gasteiger charge is 2.30. The molecule has 7 heteroatoms. The molecule has 1 amide bonds. The summed E-state index contributed by atoms with van der Waals surface area (Å²) < 4.78 is 19.2. The fraction of sp³-hybridized carbons (Fsp3) is 0.238. The van der Waals surface area contributed by atoms with Crippen LogP contribution >= 0.6 is 0 Å². The minimum Gasteiger partial charge on any atom is -0.497 e. The minimum atomic E-state index is -1.52. The number of hydrogen-bond acceptors (Lipinski definition) is 4. The van der Waals surface area contributed by atoms with Crippen molar-refractivity contribution < 1.29 is 19.0 Å². The first-order chi connectivity index (χ1) is 13.6. The van der Waals surface area contributed by atoms with Crippen LogP contribution in [0.25, 0.3) is 11.4 Å². The molecule has 4 rings (SSSR count). The van der Waals surface area contributed by atoms with Gasteiger partial charge in [-0.3, -0.25) is 4.79 Å². The number of amides is 1. The number of hydrogen-bond donors (Lipinski definition) is 2. The van der Waals surface area contributed by atoms with Crippen LogP contribution in [0.15, 0.2) is 48.5 Å². The first kappa shape index (κ1) is 18.2. The number of aromatic amines is 1. The van der Waals surface area contributed by atoms with Gasteiger partial charge < -0.3 is 19.7 Å². The molecule has 28 heavy (non-hydrogen) atoms. The molecule has 0 unspecified atom stereocenters. The molecule has 3 aromatic rings. The van der Waals surface area contributed by atoms with E-state index < -0.39 is 17.8 Å². The van der Waals surface area contributed by atoms with E-state index in [1.54, 1.807) is 13.2 Å². The number of aliphatic hydroxyl groups excluding tert-OH is 1. The fourth-order valence-electron chi connectivity index (χ4n) is 3.39. The Balaban J connectivity index is 1.54. The lowest BCUT2D eigenvalue weighted by atomic mass is 10.1. The van der Waals surface area contributed by atoms with E-state index in [0.29, 0.717) is 18.8 Å². The van der Waals surface area contributed by atoms with Gasteiger partial charge in [0.15, 0.2) is 6.10 Å². The molecule has 2 heterocycles. The lowest BCUT2D eigenvalue weighted by Gasteiger charge is -2.28. The van der Waals surface area contributed by atoms with E-state index in [-0.39, 0.29) is 12.1 Å². The molecule has 144 valence electrons. The molecule has 0 bridgehead atoms. The van der Waals surface area contributed by atoms with Gasteiger partial charge in [0.05, 0.1) is 25.0 Å². The summed E-state index contributed by atoms with van der Waals surface area (Å²) in [5.41, 5.74) is 2.58. The number of nitrogens with zero attached hydrogens (tertiary/aromatic N) is 2. The van der Waals surface area contributed by atoms with E-state index in [1.165, 1.54) is 23.1 Å². The Kier molecular flexibility index (Phi) is 4.83. The summed E-state index contributed by atoms with van der Waals surface area (Å²) in [4.78, 5) is 22.1. The molecule has 1 aliphatic rings. The topological polar surface area (TPSA) is 78.5 Å². The number of benzene rings is 2. The van der Waals surface area contributed by atoms with Crippen molar-refractivity contribution >= 4 is 5.91 Å². The molecular formula is C21H20FN3O3. The van der Waals surface area contributed by atoms with Gasteiger partial charge in [-0.15, -0.1) is 0 Å². The number of halogens is 1. The number of imidazole rings is 1. The number of carbonyl (C=O) groups is 1. The number of aromatic nitrogens is 2. The Hall–Kier alpha value is -3.19. The van der Waals surface area contributed by atoms with E-state index in [2.05, 4.69) is 9.97 Å². The largest absolute Gasteiger partial charge is 0.497 e. The van der Waals surface area contributed by atoms with Gasteiger partial charge in [-0.25, -0.2) is 9.37 Å². The molecule has 0 aliphatic carbocycles. The van der Waals surface area contributed by atoms with Crippen LogP contribution in [-0.4, -0.2) is 39.5 Å². The van der Waals surface area contributed by atoms with Crippen molar-refractivity contribution in [1.29, 1.82) is 0 Å². The number of H-pyrrole nitrogens is 1. The quantitative estimate of drug-likeness (QED) is 0.729. The Morgan fingerprint density at radius 1 is 1.29 bits per heavy atom. The first-order valence-corrected chi connectivity index (χ1v) is 9.00. The second-order valence-electron chi connectivity index (χ2n) is 6.68. The maximum absolute atomic E-state index is 13.9. The van der Waals surface area contributed by atoms with Crippen LogP contribution < -0.4 is 4.74 Å². The second kappa shape index (κ2) is 7.44. The number of methoxy groups -OCH3 is 1. The molecule has 1 aliphatic heterocycles. The van der Waals surface area contributed by atoms with Gasteiger partial charge in [-0.1, -0.05) is 30.3 Å². The lowest BCUT2D eigenvalue weighted by Crippen LogP contribution is -2.39. The van der Waals surface area contributed by atoms with Crippen LogP contribution in [0.1, 0.15) is 23.1 Å². The van der Waals surface area contributed by atoms with Crippen molar-refractivity contribution in [2.75, 3.05) is 13.7 Å².